The summed E-state index contributed by atoms with van der Waals surface area (Å²) in [6, 6.07) is 12.4. The van der Waals surface area contributed by atoms with Gasteiger partial charge in [-0.15, -0.1) is 0 Å². The van der Waals surface area contributed by atoms with Crippen LogP contribution in [0, 0.1) is 11.7 Å². The van der Waals surface area contributed by atoms with E-state index < -0.39 is 9.84 Å². The minimum Gasteiger partial charge on any atom is -0.349 e. The first kappa shape index (κ1) is 25.0. The van der Waals surface area contributed by atoms with E-state index in [0.29, 0.717) is 36.8 Å². The number of hydrogen-bond acceptors (Lipinski definition) is 7. The lowest BCUT2D eigenvalue weighted by Gasteiger charge is -2.32. The zero-order valence-corrected chi connectivity index (χ0v) is 20.6. The molecule has 1 N–H and O–H groups in total. The molecular weight excluding hydrogens is 471 g/mol. The Morgan fingerprint density at radius 3 is 2.57 bits per heavy atom. The van der Waals surface area contributed by atoms with Crippen molar-refractivity contribution in [1.29, 1.82) is 0 Å². The van der Waals surface area contributed by atoms with Crippen LogP contribution in [0.15, 0.2) is 57.9 Å². The predicted molar refractivity (Wildman–Crippen MR) is 128 cm³/mol. The fourth-order valence-corrected chi connectivity index (χ4v) is 4.93. The Hall–Kier alpha value is -3.11. The Balaban J connectivity index is 1.36. The molecule has 0 radical (unpaired) electrons. The second-order valence-electron chi connectivity index (χ2n) is 8.90. The first-order valence-electron chi connectivity index (χ1n) is 11.6. The highest BCUT2D eigenvalue weighted by molar-refractivity contribution is 7.90. The number of hydrogen-bond donors (Lipinski definition) is 1. The number of carbonyl (C=O) groups excluding carboxylic acids is 1. The van der Waals surface area contributed by atoms with Gasteiger partial charge in [-0.2, -0.15) is 4.98 Å². The molecule has 10 heteroatoms. The Bertz CT molecular complexity index is 1260. The third-order valence-corrected chi connectivity index (χ3v) is 7.37. The number of likely N-dealkylation sites (tertiary alicyclic amines) is 1. The van der Waals surface area contributed by atoms with Crippen LogP contribution in [0.4, 0.5) is 4.39 Å². The summed E-state index contributed by atoms with van der Waals surface area (Å²) >= 11 is 0. The normalized spacial score (nSPS) is 17.7. The minimum atomic E-state index is -3.27. The van der Waals surface area contributed by atoms with Crippen molar-refractivity contribution in [3.63, 3.8) is 0 Å². The predicted octanol–water partition coefficient (Wildman–Crippen LogP) is 3.76. The molecule has 3 aromatic rings. The molecule has 4 rings (SSSR count). The van der Waals surface area contributed by atoms with E-state index in [1.807, 2.05) is 6.92 Å². The number of halogens is 1. The Morgan fingerprint density at radius 2 is 1.91 bits per heavy atom. The van der Waals surface area contributed by atoms with Crippen LogP contribution in [0.1, 0.15) is 43.7 Å². The van der Waals surface area contributed by atoms with Crippen molar-refractivity contribution in [3.8, 4) is 11.4 Å². The van der Waals surface area contributed by atoms with Crippen LogP contribution in [0.2, 0.25) is 0 Å². The van der Waals surface area contributed by atoms with Crippen LogP contribution >= 0.6 is 0 Å². The number of amides is 1. The molecule has 0 aliphatic carbocycles. The molecule has 2 unspecified atom stereocenters. The van der Waals surface area contributed by atoms with Crippen LogP contribution in [0.3, 0.4) is 0 Å². The average Bonchev–Trinajstić information content (AvgIpc) is 3.31. The SMILES string of the molecule is CCC(NC(=O)C1CCCN(Cc2nc(-c3ccc(F)cc3)no2)C1)c1ccc(S(C)(=O)=O)cc1. The maximum atomic E-state index is 13.1. The van der Waals surface area contributed by atoms with Gasteiger partial charge in [-0.1, -0.05) is 24.2 Å². The fourth-order valence-electron chi connectivity index (χ4n) is 4.30. The van der Waals surface area contributed by atoms with Crippen LogP contribution < -0.4 is 5.32 Å². The fraction of sp³-hybridized carbons (Fsp3) is 0.400. The van der Waals surface area contributed by atoms with E-state index >= 15 is 0 Å². The number of sulfone groups is 1. The molecule has 1 saturated heterocycles. The quantitative estimate of drug-likeness (QED) is 0.502. The smallest absolute Gasteiger partial charge is 0.241 e. The van der Waals surface area contributed by atoms with Gasteiger partial charge in [0.2, 0.25) is 17.6 Å². The molecule has 1 fully saturated rings. The van der Waals surface area contributed by atoms with Gasteiger partial charge in [0.25, 0.3) is 0 Å². The number of nitrogens with one attached hydrogen (secondary N) is 1. The van der Waals surface area contributed by atoms with Gasteiger partial charge in [0, 0.05) is 18.4 Å². The van der Waals surface area contributed by atoms with Gasteiger partial charge in [-0.3, -0.25) is 9.69 Å². The zero-order chi connectivity index (χ0) is 25.0. The van der Waals surface area contributed by atoms with E-state index in [1.54, 1.807) is 36.4 Å². The number of piperidine rings is 1. The number of benzene rings is 2. The average molecular weight is 501 g/mol. The zero-order valence-electron chi connectivity index (χ0n) is 19.8. The molecule has 35 heavy (non-hydrogen) atoms. The van der Waals surface area contributed by atoms with Crippen LogP contribution in [-0.2, 0) is 21.2 Å². The molecule has 1 amide bonds. The minimum absolute atomic E-state index is 0.0220. The third-order valence-electron chi connectivity index (χ3n) is 6.24. The summed E-state index contributed by atoms with van der Waals surface area (Å²) in [7, 11) is -3.27. The van der Waals surface area contributed by atoms with Gasteiger partial charge < -0.3 is 9.84 Å². The number of nitrogens with zero attached hydrogens (tertiary/aromatic N) is 3. The Kier molecular flexibility index (Phi) is 7.61. The van der Waals surface area contributed by atoms with E-state index in [9.17, 15) is 17.6 Å². The second-order valence-corrected chi connectivity index (χ2v) is 10.9. The lowest BCUT2D eigenvalue weighted by Crippen LogP contribution is -2.43. The van der Waals surface area contributed by atoms with Crippen molar-refractivity contribution in [3.05, 3.63) is 65.8 Å². The topological polar surface area (TPSA) is 105 Å². The van der Waals surface area contributed by atoms with Gasteiger partial charge in [-0.25, -0.2) is 12.8 Å². The molecule has 1 aliphatic rings. The summed E-state index contributed by atoms with van der Waals surface area (Å²) in [5, 5.41) is 7.12. The molecule has 2 atom stereocenters. The second kappa shape index (κ2) is 10.7. The number of carbonyl (C=O) groups is 1. The van der Waals surface area contributed by atoms with Gasteiger partial charge in [0.05, 0.1) is 23.4 Å². The van der Waals surface area contributed by atoms with Crippen molar-refractivity contribution in [2.24, 2.45) is 5.92 Å². The van der Waals surface area contributed by atoms with Crippen molar-refractivity contribution in [2.75, 3.05) is 19.3 Å². The molecule has 8 nitrogen and oxygen atoms in total. The molecule has 0 saturated carbocycles. The van der Waals surface area contributed by atoms with Crippen molar-refractivity contribution in [1.82, 2.24) is 20.4 Å². The summed E-state index contributed by atoms with van der Waals surface area (Å²) in [5.74, 6) is 0.326. The number of rotatable bonds is 8. The number of aromatic nitrogens is 2. The van der Waals surface area contributed by atoms with E-state index in [0.717, 1.165) is 24.9 Å². The molecular formula is C25H29FN4O4S. The van der Waals surface area contributed by atoms with Crippen molar-refractivity contribution in [2.45, 2.75) is 43.7 Å². The maximum Gasteiger partial charge on any atom is 0.241 e. The summed E-state index contributed by atoms with van der Waals surface area (Å²) in [5.41, 5.74) is 1.55. The molecule has 2 heterocycles. The first-order valence-corrected chi connectivity index (χ1v) is 13.5. The van der Waals surface area contributed by atoms with Gasteiger partial charge in [-0.05, 0) is 67.8 Å². The van der Waals surface area contributed by atoms with E-state index in [1.165, 1.54) is 18.4 Å². The highest BCUT2D eigenvalue weighted by Crippen LogP contribution is 2.24. The standard InChI is InChI=1S/C25H29FN4O4S/c1-3-22(17-8-12-21(13-9-17)35(2,32)33)27-25(31)19-5-4-14-30(15-19)16-23-28-24(29-34-23)18-6-10-20(26)11-7-18/h6-13,19,22H,3-5,14-16H2,1-2H3,(H,27,31). The summed E-state index contributed by atoms with van der Waals surface area (Å²) < 4.78 is 42.0. The Morgan fingerprint density at radius 1 is 1.20 bits per heavy atom. The van der Waals surface area contributed by atoms with Gasteiger partial charge in [0.15, 0.2) is 9.84 Å². The van der Waals surface area contributed by atoms with Gasteiger partial charge in [0.1, 0.15) is 5.82 Å². The lowest BCUT2D eigenvalue weighted by atomic mass is 9.95. The van der Waals surface area contributed by atoms with Crippen LogP contribution in [-0.4, -0.2) is 48.7 Å². The molecule has 0 bridgehead atoms. The highest BCUT2D eigenvalue weighted by Gasteiger charge is 2.28. The van der Waals surface area contributed by atoms with Crippen molar-refractivity contribution < 1.29 is 22.1 Å². The lowest BCUT2D eigenvalue weighted by molar-refractivity contribution is -0.127. The first-order chi connectivity index (χ1) is 16.7. The van der Waals surface area contributed by atoms with Crippen LogP contribution in [0.25, 0.3) is 11.4 Å². The molecule has 1 aliphatic heterocycles. The summed E-state index contributed by atoms with van der Waals surface area (Å²) in [6.07, 6.45) is 3.52. The largest absolute Gasteiger partial charge is 0.349 e. The van der Waals surface area contributed by atoms with E-state index in [-0.39, 0.29) is 28.6 Å². The van der Waals surface area contributed by atoms with Gasteiger partial charge >= 0.3 is 0 Å². The maximum absolute atomic E-state index is 13.1. The molecule has 186 valence electrons. The molecule has 1 aromatic heterocycles. The Labute approximate surface area is 204 Å². The molecule has 0 spiro atoms. The third kappa shape index (κ3) is 6.32. The van der Waals surface area contributed by atoms with E-state index in [2.05, 4.69) is 20.4 Å². The highest BCUT2D eigenvalue weighted by atomic mass is 32.2. The van der Waals surface area contributed by atoms with E-state index in [4.69, 9.17) is 4.52 Å². The summed E-state index contributed by atoms with van der Waals surface area (Å²) in [6.45, 7) is 3.81. The monoisotopic (exact) mass is 500 g/mol. The molecule has 2 aromatic carbocycles. The van der Waals surface area contributed by atoms with Crippen LogP contribution in [0.5, 0.6) is 0 Å². The summed E-state index contributed by atoms with van der Waals surface area (Å²) in [4.78, 5) is 19.9. The van der Waals surface area contributed by atoms with Crippen molar-refractivity contribution >= 4 is 15.7 Å².